The average molecular weight is 385 g/mol. The SMILES string of the molecule is Cc1ccc(OCC2(O)CCCN(C(=O)CCc3ccccc3F)C2)cc1C. The molecule has 1 aliphatic rings. The Morgan fingerprint density at radius 3 is 2.75 bits per heavy atom. The Bertz CT molecular complexity index is 838. The Labute approximate surface area is 165 Å². The Kier molecular flexibility index (Phi) is 6.35. The second-order valence-electron chi connectivity index (χ2n) is 7.77. The van der Waals surface area contributed by atoms with Gasteiger partial charge in [0.1, 0.15) is 23.8 Å². The summed E-state index contributed by atoms with van der Waals surface area (Å²) in [5, 5.41) is 10.9. The van der Waals surface area contributed by atoms with Gasteiger partial charge in [-0.3, -0.25) is 4.79 Å². The summed E-state index contributed by atoms with van der Waals surface area (Å²) in [5.41, 5.74) is 1.81. The minimum atomic E-state index is -1.06. The number of carbonyl (C=O) groups is 1. The summed E-state index contributed by atoms with van der Waals surface area (Å²) in [6.07, 6.45) is 1.90. The maximum absolute atomic E-state index is 13.7. The van der Waals surface area contributed by atoms with Gasteiger partial charge in [0.15, 0.2) is 0 Å². The van der Waals surface area contributed by atoms with E-state index in [2.05, 4.69) is 0 Å². The predicted molar refractivity (Wildman–Crippen MR) is 107 cm³/mol. The molecule has 2 aromatic carbocycles. The van der Waals surface area contributed by atoms with Crippen LogP contribution < -0.4 is 4.74 Å². The molecule has 1 unspecified atom stereocenters. The van der Waals surface area contributed by atoms with Gasteiger partial charge >= 0.3 is 0 Å². The molecule has 1 atom stereocenters. The van der Waals surface area contributed by atoms with Crippen molar-refractivity contribution in [1.82, 2.24) is 4.90 Å². The van der Waals surface area contributed by atoms with Crippen LogP contribution in [0.15, 0.2) is 42.5 Å². The molecule has 150 valence electrons. The highest BCUT2D eigenvalue weighted by molar-refractivity contribution is 5.76. The third-order valence-corrected chi connectivity index (χ3v) is 5.46. The molecule has 2 aromatic rings. The second kappa shape index (κ2) is 8.74. The van der Waals surface area contributed by atoms with E-state index in [4.69, 9.17) is 4.74 Å². The summed E-state index contributed by atoms with van der Waals surface area (Å²) >= 11 is 0. The number of amides is 1. The smallest absolute Gasteiger partial charge is 0.223 e. The van der Waals surface area contributed by atoms with Gasteiger partial charge in [-0.25, -0.2) is 4.39 Å². The van der Waals surface area contributed by atoms with Crippen molar-refractivity contribution < 1.29 is 19.0 Å². The Balaban J connectivity index is 1.55. The van der Waals surface area contributed by atoms with Gasteiger partial charge in [-0.05, 0) is 68.0 Å². The highest BCUT2D eigenvalue weighted by Crippen LogP contribution is 2.25. The molecule has 1 aliphatic heterocycles. The van der Waals surface area contributed by atoms with E-state index in [1.165, 1.54) is 11.6 Å². The van der Waals surface area contributed by atoms with Crippen LogP contribution >= 0.6 is 0 Å². The zero-order valence-corrected chi connectivity index (χ0v) is 16.6. The molecule has 1 fully saturated rings. The van der Waals surface area contributed by atoms with Gasteiger partial charge in [0.05, 0.1) is 6.54 Å². The van der Waals surface area contributed by atoms with Gasteiger partial charge in [0.25, 0.3) is 0 Å². The van der Waals surface area contributed by atoms with Crippen molar-refractivity contribution >= 4 is 5.91 Å². The van der Waals surface area contributed by atoms with Crippen LogP contribution in [0.5, 0.6) is 5.75 Å². The fourth-order valence-electron chi connectivity index (χ4n) is 3.57. The molecule has 0 aromatic heterocycles. The van der Waals surface area contributed by atoms with Crippen LogP contribution in [-0.2, 0) is 11.2 Å². The first-order valence-electron chi connectivity index (χ1n) is 9.80. The average Bonchev–Trinajstić information content (AvgIpc) is 2.68. The summed E-state index contributed by atoms with van der Waals surface area (Å²) in [4.78, 5) is 14.3. The Morgan fingerprint density at radius 1 is 1.21 bits per heavy atom. The van der Waals surface area contributed by atoms with Gasteiger partial charge in [0.2, 0.25) is 5.91 Å². The van der Waals surface area contributed by atoms with E-state index in [9.17, 15) is 14.3 Å². The maximum atomic E-state index is 13.7. The first-order chi connectivity index (χ1) is 13.4. The molecule has 0 aliphatic carbocycles. The number of piperidine rings is 1. The summed E-state index contributed by atoms with van der Waals surface area (Å²) in [5.74, 6) is 0.374. The monoisotopic (exact) mass is 385 g/mol. The molecule has 1 saturated heterocycles. The van der Waals surface area contributed by atoms with Crippen molar-refractivity contribution in [3.8, 4) is 5.75 Å². The first-order valence-corrected chi connectivity index (χ1v) is 9.80. The second-order valence-corrected chi connectivity index (χ2v) is 7.77. The van der Waals surface area contributed by atoms with Crippen LogP contribution in [-0.4, -0.2) is 41.2 Å². The quantitative estimate of drug-likeness (QED) is 0.823. The van der Waals surface area contributed by atoms with Crippen LogP contribution in [0.1, 0.15) is 36.0 Å². The van der Waals surface area contributed by atoms with Crippen LogP contribution in [0.25, 0.3) is 0 Å². The lowest BCUT2D eigenvalue weighted by atomic mass is 9.93. The molecule has 0 saturated carbocycles. The van der Waals surface area contributed by atoms with Crippen molar-refractivity contribution in [3.63, 3.8) is 0 Å². The number of benzene rings is 2. The lowest BCUT2D eigenvalue weighted by Crippen LogP contribution is -2.53. The molecule has 4 nitrogen and oxygen atoms in total. The standard InChI is InChI=1S/C23H28FNO3/c1-17-8-10-20(14-18(17)2)28-16-23(27)12-5-13-25(15-23)22(26)11-9-19-6-3-4-7-21(19)24/h3-4,6-8,10,14,27H,5,9,11-13,15-16H2,1-2H3. The molecular formula is C23H28FNO3. The van der Waals surface area contributed by atoms with E-state index in [-0.39, 0.29) is 31.3 Å². The normalized spacial score (nSPS) is 19.5. The lowest BCUT2D eigenvalue weighted by molar-refractivity contribution is -0.140. The van der Waals surface area contributed by atoms with Crippen LogP contribution in [0, 0.1) is 19.7 Å². The maximum Gasteiger partial charge on any atom is 0.223 e. The van der Waals surface area contributed by atoms with Crippen molar-refractivity contribution in [2.75, 3.05) is 19.7 Å². The first kappa shape index (κ1) is 20.3. The highest BCUT2D eigenvalue weighted by Gasteiger charge is 2.36. The molecular weight excluding hydrogens is 357 g/mol. The highest BCUT2D eigenvalue weighted by atomic mass is 19.1. The molecule has 28 heavy (non-hydrogen) atoms. The number of ether oxygens (including phenoxy) is 1. The van der Waals surface area contributed by atoms with E-state index in [0.717, 1.165) is 17.7 Å². The minimum Gasteiger partial charge on any atom is -0.491 e. The number of halogens is 1. The third kappa shape index (κ3) is 5.10. The summed E-state index contributed by atoms with van der Waals surface area (Å²) in [6, 6.07) is 12.4. The fraction of sp³-hybridized carbons (Fsp3) is 0.435. The Hall–Kier alpha value is -2.40. The molecule has 1 N–H and O–H groups in total. The molecule has 5 heteroatoms. The van der Waals surface area contributed by atoms with Crippen LogP contribution in [0.2, 0.25) is 0 Å². The fourth-order valence-corrected chi connectivity index (χ4v) is 3.57. The number of carbonyl (C=O) groups excluding carboxylic acids is 1. The van der Waals surface area contributed by atoms with E-state index in [1.54, 1.807) is 23.1 Å². The lowest BCUT2D eigenvalue weighted by Gasteiger charge is -2.39. The van der Waals surface area contributed by atoms with Gasteiger partial charge in [-0.2, -0.15) is 0 Å². The van der Waals surface area contributed by atoms with Gasteiger partial charge < -0.3 is 14.7 Å². The number of hydrogen-bond donors (Lipinski definition) is 1. The van der Waals surface area contributed by atoms with E-state index < -0.39 is 5.60 Å². The Morgan fingerprint density at radius 2 is 2.00 bits per heavy atom. The van der Waals surface area contributed by atoms with Crippen LogP contribution in [0.3, 0.4) is 0 Å². The zero-order chi connectivity index (χ0) is 20.1. The number of likely N-dealkylation sites (tertiary alicyclic amines) is 1. The molecule has 0 radical (unpaired) electrons. The predicted octanol–water partition coefficient (Wildman–Crippen LogP) is 3.81. The number of rotatable bonds is 6. The number of aryl methyl sites for hydroxylation is 3. The number of hydrogen-bond acceptors (Lipinski definition) is 3. The van der Waals surface area contributed by atoms with Crippen LogP contribution in [0.4, 0.5) is 4.39 Å². The molecule has 0 spiro atoms. The third-order valence-electron chi connectivity index (χ3n) is 5.46. The number of β-amino-alcohol motifs (C(OH)–C–C–N with tert-alkyl or cyclic N) is 1. The molecule has 1 heterocycles. The van der Waals surface area contributed by atoms with Crippen molar-refractivity contribution in [3.05, 3.63) is 65.0 Å². The number of aliphatic hydroxyl groups is 1. The van der Waals surface area contributed by atoms with Gasteiger partial charge in [0, 0.05) is 13.0 Å². The number of nitrogens with zero attached hydrogens (tertiary/aromatic N) is 1. The minimum absolute atomic E-state index is 0.0624. The van der Waals surface area contributed by atoms with Crippen molar-refractivity contribution in [1.29, 1.82) is 0 Å². The van der Waals surface area contributed by atoms with Gasteiger partial charge in [-0.1, -0.05) is 24.3 Å². The largest absolute Gasteiger partial charge is 0.491 e. The summed E-state index contributed by atoms with van der Waals surface area (Å²) in [7, 11) is 0. The molecule has 0 bridgehead atoms. The van der Waals surface area contributed by atoms with Crippen molar-refractivity contribution in [2.24, 2.45) is 0 Å². The zero-order valence-electron chi connectivity index (χ0n) is 16.6. The summed E-state index contributed by atoms with van der Waals surface area (Å²) in [6.45, 7) is 5.06. The molecule has 1 amide bonds. The molecule has 3 rings (SSSR count). The van der Waals surface area contributed by atoms with Crippen molar-refractivity contribution in [2.45, 2.75) is 45.1 Å². The van der Waals surface area contributed by atoms with E-state index in [1.807, 2.05) is 32.0 Å². The van der Waals surface area contributed by atoms with E-state index in [0.29, 0.717) is 24.9 Å². The summed E-state index contributed by atoms with van der Waals surface area (Å²) < 4.78 is 19.6. The van der Waals surface area contributed by atoms with E-state index >= 15 is 0 Å². The topological polar surface area (TPSA) is 49.8 Å². The van der Waals surface area contributed by atoms with Gasteiger partial charge in [-0.15, -0.1) is 0 Å².